The van der Waals surface area contributed by atoms with Gasteiger partial charge in [0.2, 0.25) is 11.1 Å². The lowest BCUT2D eigenvalue weighted by molar-refractivity contribution is -0.113. The summed E-state index contributed by atoms with van der Waals surface area (Å²) in [5.74, 6) is 0.777. The van der Waals surface area contributed by atoms with E-state index >= 15 is 0 Å². The first-order valence-electron chi connectivity index (χ1n) is 8.53. The summed E-state index contributed by atoms with van der Waals surface area (Å²) in [6.45, 7) is 0. The lowest BCUT2D eigenvalue weighted by atomic mass is 10.2. The van der Waals surface area contributed by atoms with Crippen LogP contribution < -0.4 is 5.32 Å². The lowest BCUT2D eigenvalue weighted by Crippen LogP contribution is -2.15. The number of hydrogen-bond acceptors (Lipinski definition) is 4. The Labute approximate surface area is 171 Å². The van der Waals surface area contributed by atoms with Crippen LogP contribution in [0, 0.1) is 0 Å². The van der Waals surface area contributed by atoms with Gasteiger partial charge in [0.15, 0.2) is 5.82 Å². The molecule has 0 radical (unpaired) electrons. The van der Waals surface area contributed by atoms with Crippen LogP contribution in [0.5, 0.6) is 0 Å². The van der Waals surface area contributed by atoms with Crippen LogP contribution in [0.4, 0.5) is 5.69 Å². The van der Waals surface area contributed by atoms with Crippen molar-refractivity contribution in [2.24, 2.45) is 0 Å². The van der Waals surface area contributed by atoms with Crippen LogP contribution >= 0.6 is 23.4 Å². The molecule has 28 heavy (non-hydrogen) atoms. The molecular formula is C20H16ClN5OS. The molecule has 0 saturated carbocycles. The fraction of sp³-hybridized carbons (Fsp3) is 0.0500. The number of thioether (sulfide) groups is 1. The van der Waals surface area contributed by atoms with Gasteiger partial charge in [0, 0.05) is 28.7 Å². The number of anilines is 1. The van der Waals surface area contributed by atoms with Gasteiger partial charge < -0.3 is 5.32 Å². The van der Waals surface area contributed by atoms with E-state index in [1.165, 1.54) is 11.8 Å². The van der Waals surface area contributed by atoms with Crippen LogP contribution in [0.2, 0.25) is 5.02 Å². The number of amides is 1. The van der Waals surface area contributed by atoms with Crippen LogP contribution in [-0.2, 0) is 4.79 Å². The van der Waals surface area contributed by atoms with Crippen molar-refractivity contribution in [1.82, 2.24) is 19.5 Å². The highest BCUT2D eigenvalue weighted by Gasteiger charge is 2.17. The van der Waals surface area contributed by atoms with Crippen LogP contribution in [0.1, 0.15) is 0 Å². The number of carbonyl (C=O) groups is 1. The van der Waals surface area contributed by atoms with E-state index in [1.807, 2.05) is 88.5 Å². The lowest BCUT2D eigenvalue weighted by Gasteiger charge is -2.11. The monoisotopic (exact) mass is 409 g/mol. The molecule has 0 fully saturated rings. The fourth-order valence-electron chi connectivity index (χ4n) is 2.65. The van der Waals surface area contributed by atoms with Gasteiger partial charge in [-0.1, -0.05) is 41.6 Å². The second-order valence-electron chi connectivity index (χ2n) is 5.89. The number of nitrogens with one attached hydrogen (secondary N) is 1. The Hall–Kier alpha value is -3.03. The van der Waals surface area contributed by atoms with Crippen molar-refractivity contribution >= 4 is 35.0 Å². The van der Waals surface area contributed by atoms with Crippen LogP contribution in [0.3, 0.4) is 0 Å². The zero-order valence-corrected chi connectivity index (χ0v) is 16.3. The summed E-state index contributed by atoms with van der Waals surface area (Å²) in [5.41, 5.74) is 1.65. The summed E-state index contributed by atoms with van der Waals surface area (Å²) in [7, 11) is 0. The van der Waals surface area contributed by atoms with Crippen molar-refractivity contribution < 1.29 is 4.79 Å². The highest BCUT2D eigenvalue weighted by Crippen LogP contribution is 2.25. The van der Waals surface area contributed by atoms with Crippen molar-refractivity contribution in [3.8, 4) is 11.4 Å². The van der Waals surface area contributed by atoms with Crippen LogP contribution in [0.15, 0.2) is 84.3 Å². The van der Waals surface area contributed by atoms with Crippen LogP contribution in [0.25, 0.3) is 11.4 Å². The number of benzene rings is 2. The highest BCUT2D eigenvalue weighted by molar-refractivity contribution is 7.99. The molecule has 0 aliphatic rings. The summed E-state index contributed by atoms with van der Waals surface area (Å²) in [6.07, 6.45) is 3.80. The number of para-hydroxylation sites is 1. The van der Waals surface area contributed by atoms with Gasteiger partial charge in [0.05, 0.1) is 5.75 Å². The van der Waals surface area contributed by atoms with E-state index in [9.17, 15) is 4.79 Å². The first-order chi connectivity index (χ1) is 13.7. The Bertz CT molecular complexity index is 1060. The molecule has 0 aliphatic heterocycles. The van der Waals surface area contributed by atoms with Crippen molar-refractivity contribution in [2.45, 2.75) is 5.16 Å². The number of halogens is 1. The first-order valence-corrected chi connectivity index (χ1v) is 9.90. The van der Waals surface area contributed by atoms with Gasteiger partial charge in [-0.3, -0.25) is 9.47 Å². The van der Waals surface area contributed by atoms with E-state index in [0.29, 0.717) is 16.0 Å². The van der Waals surface area contributed by atoms with Crippen molar-refractivity contribution in [2.75, 3.05) is 11.1 Å². The molecule has 2 aromatic heterocycles. The third-order valence-corrected chi connectivity index (χ3v) is 5.10. The van der Waals surface area contributed by atoms with Gasteiger partial charge in [-0.15, -0.1) is 10.2 Å². The number of rotatable bonds is 6. The Morgan fingerprint density at radius 3 is 2.39 bits per heavy atom. The molecule has 0 atom stereocenters. The van der Waals surface area contributed by atoms with E-state index in [1.54, 1.807) is 0 Å². The Balaban J connectivity index is 1.57. The molecule has 0 spiro atoms. The molecule has 2 heterocycles. The maximum Gasteiger partial charge on any atom is 0.234 e. The molecule has 0 bridgehead atoms. The predicted octanol–water partition coefficient (Wildman–Crippen LogP) is 4.44. The normalized spacial score (nSPS) is 10.8. The number of carbonyl (C=O) groups excluding carboxylic acids is 1. The maximum absolute atomic E-state index is 12.3. The summed E-state index contributed by atoms with van der Waals surface area (Å²) in [5, 5.41) is 12.8. The van der Waals surface area contributed by atoms with Crippen molar-refractivity contribution in [3.63, 3.8) is 0 Å². The van der Waals surface area contributed by atoms with E-state index in [0.717, 1.165) is 11.3 Å². The maximum atomic E-state index is 12.3. The summed E-state index contributed by atoms with van der Waals surface area (Å²) in [6, 6.07) is 20.6. The van der Waals surface area contributed by atoms with Gasteiger partial charge in [-0.25, -0.2) is 4.68 Å². The third-order valence-electron chi connectivity index (χ3n) is 3.92. The molecule has 4 rings (SSSR count). The highest BCUT2D eigenvalue weighted by atomic mass is 35.5. The zero-order chi connectivity index (χ0) is 19.3. The molecule has 1 N–H and O–H groups in total. The third kappa shape index (κ3) is 4.11. The minimum absolute atomic E-state index is 0.105. The van der Waals surface area contributed by atoms with Gasteiger partial charge >= 0.3 is 0 Å². The largest absolute Gasteiger partial charge is 0.325 e. The summed E-state index contributed by atoms with van der Waals surface area (Å²) < 4.78 is 3.74. The van der Waals surface area contributed by atoms with Gasteiger partial charge in [-0.05, 0) is 48.5 Å². The van der Waals surface area contributed by atoms with Gasteiger partial charge in [-0.2, -0.15) is 0 Å². The predicted molar refractivity (Wildman–Crippen MR) is 111 cm³/mol. The first kappa shape index (κ1) is 18.3. The topological polar surface area (TPSA) is 64.7 Å². The van der Waals surface area contributed by atoms with Crippen LogP contribution in [-0.4, -0.2) is 31.2 Å². The van der Waals surface area contributed by atoms with E-state index in [2.05, 4.69) is 15.5 Å². The molecule has 4 aromatic rings. The second kappa shape index (κ2) is 8.33. The van der Waals surface area contributed by atoms with E-state index in [-0.39, 0.29) is 11.7 Å². The molecular weight excluding hydrogens is 394 g/mol. The molecule has 0 saturated heterocycles. The van der Waals surface area contributed by atoms with E-state index in [4.69, 9.17) is 11.6 Å². The van der Waals surface area contributed by atoms with Crippen molar-refractivity contribution in [1.29, 1.82) is 0 Å². The molecule has 6 nitrogen and oxygen atoms in total. The Kier molecular flexibility index (Phi) is 5.45. The molecule has 8 heteroatoms. The molecule has 0 unspecified atom stereocenters. The zero-order valence-electron chi connectivity index (χ0n) is 14.7. The smallest absolute Gasteiger partial charge is 0.234 e. The second-order valence-corrected chi connectivity index (χ2v) is 7.27. The molecule has 2 aromatic carbocycles. The number of hydrogen-bond donors (Lipinski definition) is 1. The number of nitrogens with zero attached hydrogens (tertiary/aromatic N) is 4. The Morgan fingerprint density at radius 2 is 1.68 bits per heavy atom. The summed E-state index contributed by atoms with van der Waals surface area (Å²) in [4.78, 5) is 12.3. The van der Waals surface area contributed by atoms with Gasteiger partial charge in [0.25, 0.3) is 0 Å². The summed E-state index contributed by atoms with van der Waals surface area (Å²) >= 11 is 7.32. The van der Waals surface area contributed by atoms with Crippen molar-refractivity contribution in [3.05, 3.63) is 84.1 Å². The average molecular weight is 410 g/mol. The average Bonchev–Trinajstić information content (AvgIpc) is 3.37. The standard InChI is InChI=1S/C20H16ClN5OS/c21-16-10-8-15(9-11-16)19-23-24-20(26(19)25-12-4-5-13-25)28-14-18(27)22-17-6-2-1-3-7-17/h1-13H,14H2,(H,22,27). The number of aromatic nitrogens is 4. The molecule has 0 aliphatic carbocycles. The molecule has 1 amide bonds. The fourth-order valence-corrected chi connectivity index (χ4v) is 3.51. The van der Waals surface area contributed by atoms with E-state index < -0.39 is 0 Å². The quantitative estimate of drug-likeness (QED) is 0.478. The minimum atomic E-state index is -0.105. The Morgan fingerprint density at radius 1 is 0.964 bits per heavy atom. The van der Waals surface area contributed by atoms with Gasteiger partial charge in [0.1, 0.15) is 0 Å². The molecule has 140 valence electrons. The minimum Gasteiger partial charge on any atom is -0.325 e. The SMILES string of the molecule is O=C(CSc1nnc(-c2ccc(Cl)cc2)n1-n1cccc1)Nc1ccccc1.